The summed E-state index contributed by atoms with van der Waals surface area (Å²) in [5.41, 5.74) is 3.08. The quantitative estimate of drug-likeness (QED) is 0.564. The van der Waals surface area contributed by atoms with Gasteiger partial charge in [-0.05, 0) is 48.3 Å². The summed E-state index contributed by atoms with van der Waals surface area (Å²) in [6, 6.07) is 12.6. The van der Waals surface area contributed by atoms with E-state index in [9.17, 15) is 10.0 Å². The number of fused-ring (bicyclic) bond motifs is 1. The number of nitrogens with one attached hydrogen (secondary N) is 1. The molecule has 6 heteroatoms. The minimum absolute atomic E-state index is 0.129. The zero-order valence-electron chi connectivity index (χ0n) is 14.2. The number of rotatable bonds is 3. The molecule has 0 aliphatic rings. The average Bonchev–Trinajstić information content (AvgIpc) is 2.63. The summed E-state index contributed by atoms with van der Waals surface area (Å²) in [7, 11) is 1.52. The Bertz CT molecular complexity index is 1020. The zero-order valence-corrected chi connectivity index (χ0v) is 14.2. The highest BCUT2D eigenvalue weighted by Gasteiger charge is 2.16. The molecular formula is C19H18N2O4. The molecule has 25 heavy (non-hydrogen) atoms. The van der Waals surface area contributed by atoms with Gasteiger partial charge in [0.15, 0.2) is 11.3 Å². The third-order valence-corrected chi connectivity index (χ3v) is 4.15. The number of aryl methyl sites for hydroxylation is 1. The smallest absolute Gasteiger partial charge is 0.268 e. The first kappa shape index (κ1) is 16.6. The van der Waals surface area contributed by atoms with E-state index in [1.54, 1.807) is 24.3 Å². The molecule has 1 heterocycles. The number of hydrogen-bond donors (Lipinski definition) is 2. The SMILES string of the molecule is COc1cccc2cc(C(=O)Nc3cccc(C)c3C)/c(=N\O)oc12. The van der Waals surface area contributed by atoms with Gasteiger partial charge in [0, 0.05) is 11.1 Å². The van der Waals surface area contributed by atoms with Crippen LogP contribution in [0.3, 0.4) is 0 Å². The van der Waals surface area contributed by atoms with Crippen LogP contribution in [0.1, 0.15) is 21.5 Å². The second-order valence-corrected chi connectivity index (χ2v) is 5.65. The highest BCUT2D eigenvalue weighted by atomic mass is 16.5. The molecule has 2 aromatic carbocycles. The van der Waals surface area contributed by atoms with Crippen LogP contribution >= 0.6 is 0 Å². The molecular weight excluding hydrogens is 320 g/mol. The Kier molecular flexibility index (Phi) is 4.43. The zero-order chi connectivity index (χ0) is 18.0. The largest absolute Gasteiger partial charge is 0.493 e. The fourth-order valence-corrected chi connectivity index (χ4v) is 2.60. The molecule has 0 saturated heterocycles. The number of nitrogens with zero attached hydrogens (tertiary/aromatic N) is 1. The summed E-state index contributed by atoms with van der Waals surface area (Å²) < 4.78 is 10.8. The maximum Gasteiger partial charge on any atom is 0.268 e. The third-order valence-electron chi connectivity index (χ3n) is 4.15. The molecule has 128 valence electrons. The maximum absolute atomic E-state index is 12.7. The van der Waals surface area contributed by atoms with E-state index >= 15 is 0 Å². The number of carbonyl (C=O) groups excluding carboxylic acids is 1. The van der Waals surface area contributed by atoms with E-state index in [4.69, 9.17) is 9.15 Å². The molecule has 0 bridgehead atoms. The Morgan fingerprint density at radius 2 is 1.96 bits per heavy atom. The standard InChI is InChI=1S/C19H18N2O4/c1-11-6-4-8-15(12(11)2)20-18(22)14-10-13-7-5-9-16(24-3)17(13)25-19(14)21-23/h4-10,23H,1-3H3,(H,20,22)/b21-19+. The van der Waals surface area contributed by atoms with Crippen LogP contribution in [0, 0.1) is 13.8 Å². The van der Waals surface area contributed by atoms with E-state index in [-0.39, 0.29) is 11.1 Å². The van der Waals surface area contributed by atoms with Crippen LogP contribution in [0.2, 0.25) is 0 Å². The lowest BCUT2D eigenvalue weighted by molar-refractivity contribution is 0.102. The van der Waals surface area contributed by atoms with Crippen molar-refractivity contribution in [2.24, 2.45) is 5.16 Å². The van der Waals surface area contributed by atoms with Crippen molar-refractivity contribution in [1.82, 2.24) is 0 Å². The molecule has 0 aliphatic carbocycles. The van der Waals surface area contributed by atoms with Gasteiger partial charge < -0.3 is 19.7 Å². The molecule has 2 N–H and O–H groups in total. The molecule has 0 spiro atoms. The maximum atomic E-state index is 12.7. The molecule has 0 atom stereocenters. The summed E-state index contributed by atoms with van der Waals surface area (Å²) >= 11 is 0. The van der Waals surface area contributed by atoms with Crippen molar-refractivity contribution in [3.8, 4) is 5.75 Å². The number of hydrogen-bond acceptors (Lipinski definition) is 5. The number of para-hydroxylation sites is 1. The first-order chi connectivity index (χ1) is 12.0. The predicted molar refractivity (Wildman–Crippen MR) is 94.0 cm³/mol. The van der Waals surface area contributed by atoms with E-state index in [1.165, 1.54) is 7.11 Å². The van der Waals surface area contributed by atoms with Crippen LogP contribution in [0.25, 0.3) is 11.0 Å². The molecule has 1 aromatic heterocycles. The summed E-state index contributed by atoms with van der Waals surface area (Å²) in [6.07, 6.45) is 0. The molecule has 0 aliphatic heterocycles. The van der Waals surface area contributed by atoms with E-state index < -0.39 is 5.91 Å². The Balaban J connectivity index is 2.08. The van der Waals surface area contributed by atoms with Crippen molar-refractivity contribution in [2.75, 3.05) is 12.4 Å². The Morgan fingerprint density at radius 3 is 2.68 bits per heavy atom. The second-order valence-electron chi connectivity index (χ2n) is 5.65. The second kappa shape index (κ2) is 6.68. The van der Waals surface area contributed by atoms with Gasteiger partial charge in [0.05, 0.1) is 7.11 Å². The molecule has 0 saturated carbocycles. The fraction of sp³-hybridized carbons (Fsp3) is 0.158. The molecule has 0 radical (unpaired) electrons. The molecule has 0 unspecified atom stereocenters. The van der Waals surface area contributed by atoms with Gasteiger partial charge in [0.2, 0.25) is 0 Å². The van der Waals surface area contributed by atoms with Gasteiger partial charge in [-0.25, -0.2) is 0 Å². The van der Waals surface area contributed by atoms with Crippen LogP contribution in [0.15, 0.2) is 52.0 Å². The summed E-state index contributed by atoms with van der Waals surface area (Å²) in [6.45, 7) is 3.90. The van der Waals surface area contributed by atoms with E-state index in [1.807, 2.05) is 32.0 Å². The van der Waals surface area contributed by atoms with Gasteiger partial charge in [0.1, 0.15) is 5.56 Å². The van der Waals surface area contributed by atoms with Crippen molar-refractivity contribution in [1.29, 1.82) is 0 Å². The predicted octanol–water partition coefficient (Wildman–Crippen LogP) is 3.60. The number of carbonyl (C=O) groups is 1. The first-order valence-electron chi connectivity index (χ1n) is 7.71. The van der Waals surface area contributed by atoms with Crippen molar-refractivity contribution in [3.63, 3.8) is 0 Å². The topological polar surface area (TPSA) is 84.1 Å². The highest BCUT2D eigenvalue weighted by molar-refractivity contribution is 6.06. The fourth-order valence-electron chi connectivity index (χ4n) is 2.60. The highest BCUT2D eigenvalue weighted by Crippen LogP contribution is 2.25. The molecule has 0 fully saturated rings. The number of methoxy groups -OCH3 is 1. The van der Waals surface area contributed by atoms with Crippen molar-refractivity contribution in [2.45, 2.75) is 13.8 Å². The monoisotopic (exact) mass is 338 g/mol. The van der Waals surface area contributed by atoms with Crippen molar-refractivity contribution in [3.05, 3.63) is 64.7 Å². The molecule has 6 nitrogen and oxygen atoms in total. The normalized spacial score (nSPS) is 11.6. The number of ether oxygens (including phenoxy) is 1. The number of amides is 1. The number of benzene rings is 2. The molecule has 1 amide bonds. The number of anilines is 1. The lowest BCUT2D eigenvalue weighted by Crippen LogP contribution is -2.22. The van der Waals surface area contributed by atoms with Gasteiger partial charge in [-0.1, -0.05) is 24.3 Å². The van der Waals surface area contributed by atoms with Gasteiger partial charge in [-0.2, -0.15) is 0 Å². The van der Waals surface area contributed by atoms with E-state index in [0.29, 0.717) is 22.4 Å². The summed E-state index contributed by atoms with van der Waals surface area (Å²) in [5, 5.41) is 15.9. The van der Waals surface area contributed by atoms with Gasteiger partial charge in [0.25, 0.3) is 11.5 Å². The Morgan fingerprint density at radius 1 is 1.20 bits per heavy atom. The summed E-state index contributed by atoms with van der Waals surface area (Å²) in [4.78, 5) is 12.7. The molecule has 3 aromatic rings. The Labute approximate surface area is 144 Å². The van der Waals surface area contributed by atoms with E-state index in [0.717, 1.165) is 11.1 Å². The Hall–Kier alpha value is -3.28. The molecule has 3 rings (SSSR count). The minimum Gasteiger partial charge on any atom is -0.493 e. The minimum atomic E-state index is -0.421. The van der Waals surface area contributed by atoms with Crippen LogP contribution in [-0.4, -0.2) is 18.2 Å². The van der Waals surface area contributed by atoms with Crippen LogP contribution < -0.4 is 15.6 Å². The van der Waals surface area contributed by atoms with Crippen LogP contribution in [-0.2, 0) is 0 Å². The first-order valence-corrected chi connectivity index (χ1v) is 7.71. The van der Waals surface area contributed by atoms with Crippen molar-refractivity contribution >= 4 is 22.6 Å². The summed E-state index contributed by atoms with van der Waals surface area (Å²) in [5.74, 6) is 0.0684. The average molecular weight is 338 g/mol. The van der Waals surface area contributed by atoms with Crippen LogP contribution in [0.4, 0.5) is 5.69 Å². The lowest BCUT2D eigenvalue weighted by Gasteiger charge is -2.11. The third kappa shape index (κ3) is 3.06. The van der Waals surface area contributed by atoms with E-state index in [2.05, 4.69) is 10.5 Å². The van der Waals surface area contributed by atoms with Crippen LogP contribution in [0.5, 0.6) is 5.75 Å². The lowest BCUT2D eigenvalue weighted by atomic mass is 10.1. The van der Waals surface area contributed by atoms with Gasteiger partial charge >= 0.3 is 0 Å². The van der Waals surface area contributed by atoms with Crippen molar-refractivity contribution < 1.29 is 19.2 Å². The van der Waals surface area contributed by atoms with Gasteiger partial charge in [-0.3, -0.25) is 4.79 Å². The van der Waals surface area contributed by atoms with Gasteiger partial charge in [-0.15, -0.1) is 0 Å².